The average molecular weight is 251 g/mol. The van der Waals surface area contributed by atoms with Gasteiger partial charge in [-0.1, -0.05) is 48.5 Å². The molecule has 3 nitrogen and oxygen atoms in total. The first-order chi connectivity index (χ1) is 9.27. The molecule has 0 aromatic heterocycles. The highest BCUT2D eigenvalue weighted by Crippen LogP contribution is 2.32. The fourth-order valence-electron chi connectivity index (χ4n) is 2.43. The third-order valence-electron chi connectivity index (χ3n) is 3.36. The zero-order valence-electron chi connectivity index (χ0n) is 10.3. The Hall–Kier alpha value is -2.42. The first-order valence-electron chi connectivity index (χ1n) is 6.24. The van der Waals surface area contributed by atoms with E-state index in [1.807, 2.05) is 48.5 Å². The van der Waals surface area contributed by atoms with E-state index in [1.165, 1.54) is 4.90 Å². The van der Waals surface area contributed by atoms with E-state index in [0.717, 1.165) is 5.56 Å². The molecule has 94 valence electrons. The van der Waals surface area contributed by atoms with Crippen LogP contribution in [-0.2, 0) is 9.59 Å². The van der Waals surface area contributed by atoms with Crippen LogP contribution in [0.4, 0.5) is 5.69 Å². The SMILES string of the molecule is O=C1C[C@H](c2ccccc2)C(=O)N1c1ccccc1. The van der Waals surface area contributed by atoms with Crippen LogP contribution in [0.25, 0.3) is 0 Å². The minimum absolute atomic E-state index is 0.134. The van der Waals surface area contributed by atoms with Gasteiger partial charge in [0.1, 0.15) is 0 Å². The van der Waals surface area contributed by atoms with Gasteiger partial charge in [-0.3, -0.25) is 14.5 Å². The van der Waals surface area contributed by atoms with Crippen molar-refractivity contribution < 1.29 is 9.59 Å². The number of hydrogen-bond donors (Lipinski definition) is 0. The number of benzene rings is 2. The summed E-state index contributed by atoms with van der Waals surface area (Å²) in [5.74, 6) is -0.624. The van der Waals surface area contributed by atoms with Gasteiger partial charge in [0.15, 0.2) is 0 Å². The van der Waals surface area contributed by atoms with Crippen molar-refractivity contribution in [1.29, 1.82) is 0 Å². The highest BCUT2D eigenvalue weighted by Gasteiger charge is 2.40. The van der Waals surface area contributed by atoms with Gasteiger partial charge in [0.05, 0.1) is 11.6 Å². The zero-order chi connectivity index (χ0) is 13.2. The van der Waals surface area contributed by atoms with Crippen LogP contribution in [0, 0.1) is 0 Å². The Morgan fingerprint density at radius 1 is 0.842 bits per heavy atom. The summed E-state index contributed by atoms with van der Waals surface area (Å²) >= 11 is 0. The fraction of sp³-hybridized carbons (Fsp3) is 0.125. The molecule has 2 amide bonds. The van der Waals surface area contributed by atoms with Crippen LogP contribution < -0.4 is 4.90 Å². The van der Waals surface area contributed by atoms with E-state index < -0.39 is 0 Å². The predicted molar refractivity (Wildman–Crippen MR) is 72.7 cm³/mol. The van der Waals surface area contributed by atoms with Crippen LogP contribution in [0.1, 0.15) is 17.9 Å². The Labute approximate surface area is 111 Å². The number of hydrogen-bond acceptors (Lipinski definition) is 2. The molecule has 0 spiro atoms. The molecular formula is C16H13NO2. The summed E-state index contributed by atoms with van der Waals surface area (Å²) in [6, 6.07) is 18.5. The molecule has 3 rings (SSSR count). The standard InChI is InChI=1S/C16H13NO2/c18-15-11-14(12-7-3-1-4-8-12)16(19)17(15)13-9-5-2-6-10-13/h1-10,14H,11H2/t14-/m1/s1. The number of anilines is 1. The number of amides is 2. The van der Waals surface area contributed by atoms with Crippen LogP contribution in [0.2, 0.25) is 0 Å². The number of imide groups is 1. The summed E-state index contributed by atoms with van der Waals surface area (Å²) in [4.78, 5) is 25.8. The maximum atomic E-state index is 12.4. The molecule has 1 aliphatic heterocycles. The van der Waals surface area contributed by atoms with E-state index in [4.69, 9.17) is 0 Å². The van der Waals surface area contributed by atoms with E-state index in [2.05, 4.69) is 0 Å². The van der Waals surface area contributed by atoms with E-state index in [0.29, 0.717) is 5.69 Å². The van der Waals surface area contributed by atoms with Crippen molar-refractivity contribution >= 4 is 17.5 Å². The van der Waals surface area contributed by atoms with E-state index in [9.17, 15) is 9.59 Å². The van der Waals surface area contributed by atoms with Crippen molar-refractivity contribution in [3.63, 3.8) is 0 Å². The van der Waals surface area contributed by atoms with Gasteiger partial charge in [0.2, 0.25) is 11.8 Å². The number of para-hydroxylation sites is 1. The molecule has 2 aromatic carbocycles. The molecule has 0 N–H and O–H groups in total. The minimum Gasteiger partial charge on any atom is -0.274 e. The van der Waals surface area contributed by atoms with Gasteiger partial charge in [-0.25, -0.2) is 0 Å². The van der Waals surface area contributed by atoms with Crippen molar-refractivity contribution in [2.24, 2.45) is 0 Å². The normalized spacial score (nSPS) is 18.9. The maximum absolute atomic E-state index is 12.4. The molecule has 1 heterocycles. The quantitative estimate of drug-likeness (QED) is 0.770. The van der Waals surface area contributed by atoms with Crippen LogP contribution >= 0.6 is 0 Å². The highest BCUT2D eigenvalue weighted by molar-refractivity contribution is 6.22. The van der Waals surface area contributed by atoms with Crippen molar-refractivity contribution in [1.82, 2.24) is 0 Å². The van der Waals surface area contributed by atoms with Crippen molar-refractivity contribution in [3.8, 4) is 0 Å². The summed E-state index contributed by atoms with van der Waals surface area (Å²) in [7, 11) is 0. The molecule has 1 atom stereocenters. The lowest BCUT2D eigenvalue weighted by Crippen LogP contribution is -2.29. The van der Waals surface area contributed by atoms with Gasteiger partial charge in [-0.15, -0.1) is 0 Å². The van der Waals surface area contributed by atoms with Gasteiger partial charge in [0, 0.05) is 6.42 Å². The van der Waals surface area contributed by atoms with Gasteiger partial charge < -0.3 is 0 Å². The first-order valence-corrected chi connectivity index (χ1v) is 6.24. The lowest BCUT2D eigenvalue weighted by molar-refractivity contribution is -0.121. The van der Waals surface area contributed by atoms with Crippen molar-refractivity contribution in [2.75, 3.05) is 4.90 Å². The maximum Gasteiger partial charge on any atom is 0.241 e. The molecule has 3 heteroatoms. The second kappa shape index (κ2) is 4.69. The van der Waals surface area contributed by atoms with Crippen LogP contribution in [0.5, 0.6) is 0 Å². The molecule has 0 aliphatic carbocycles. The van der Waals surface area contributed by atoms with Gasteiger partial charge in [-0.05, 0) is 17.7 Å². The van der Waals surface area contributed by atoms with Gasteiger partial charge in [0.25, 0.3) is 0 Å². The highest BCUT2D eigenvalue weighted by atomic mass is 16.2. The Morgan fingerprint density at radius 3 is 2.05 bits per heavy atom. The third kappa shape index (κ3) is 2.03. The Balaban J connectivity index is 1.94. The molecule has 2 aromatic rings. The van der Waals surface area contributed by atoms with Crippen molar-refractivity contribution in [3.05, 3.63) is 66.2 Å². The van der Waals surface area contributed by atoms with Crippen molar-refractivity contribution in [2.45, 2.75) is 12.3 Å². The average Bonchev–Trinajstić information content (AvgIpc) is 2.76. The molecule has 1 saturated heterocycles. The lowest BCUT2D eigenvalue weighted by atomic mass is 9.98. The third-order valence-corrected chi connectivity index (χ3v) is 3.36. The molecule has 0 saturated carbocycles. The van der Waals surface area contributed by atoms with Crippen LogP contribution in [-0.4, -0.2) is 11.8 Å². The zero-order valence-corrected chi connectivity index (χ0v) is 10.3. The Kier molecular flexibility index (Phi) is 2.88. The molecule has 0 bridgehead atoms. The molecule has 19 heavy (non-hydrogen) atoms. The topological polar surface area (TPSA) is 37.4 Å². The molecule has 0 radical (unpaired) electrons. The molecule has 1 fully saturated rings. The Morgan fingerprint density at radius 2 is 1.42 bits per heavy atom. The van der Waals surface area contributed by atoms with E-state index in [-0.39, 0.29) is 24.2 Å². The summed E-state index contributed by atoms with van der Waals surface area (Å²) < 4.78 is 0. The monoisotopic (exact) mass is 251 g/mol. The number of carbonyl (C=O) groups is 2. The smallest absolute Gasteiger partial charge is 0.241 e. The summed E-state index contributed by atoms with van der Waals surface area (Å²) in [6.45, 7) is 0. The molecule has 0 unspecified atom stereocenters. The summed E-state index contributed by atoms with van der Waals surface area (Å²) in [6.07, 6.45) is 0.248. The summed E-state index contributed by atoms with van der Waals surface area (Å²) in [5, 5.41) is 0. The van der Waals surface area contributed by atoms with Gasteiger partial charge >= 0.3 is 0 Å². The second-order valence-electron chi connectivity index (χ2n) is 4.57. The van der Waals surface area contributed by atoms with Crippen LogP contribution in [0.3, 0.4) is 0 Å². The predicted octanol–water partition coefficient (Wildman–Crippen LogP) is 2.73. The number of carbonyl (C=O) groups excluding carboxylic acids is 2. The van der Waals surface area contributed by atoms with Gasteiger partial charge in [-0.2, -0.15) is 0 Å². The molecular weight excluding hydrogens is 238 g/mol. The largest absolute Gasteiger partial charge is 0.274 e. The van der Waals surface area contributed by atoms with E-state index >= 15 is 0 Å². The molecule has 1 aliphatic rings. The minimum atomic E-state index is -0.353. The lowest BCUT2D eigenvalue weighted by Gasteiger charge is -2.14. The first kappa shape index (κ1) is 11.7. The Bertz CT molecular complexity index is 607. The number of rotatable bonds is 2. The summed E-state index contributed by atoms with van der Waals surface area (Å²) in [5.41, 5.74) is 1.55. The van der Waals surface area contributed by atoms with Crippen LogP contribution in [0.15, 0.2) is 60.7 Å². The van der Waals surface area contributed by atoms with E-state index in [1.54, 1.807) is 12.1 Å². The second-order valence-corrected chi connectivity index (χ2v) is 4.57. The fourth-order valence-corrected chi connectivity index (χ4v) is 2.43. The number of nitrogens with zero attached hydrogens (tertiary/aromatic N) is 1.